The lowest BCUT2D eigenvalue weighted by Crippen LogP contribution is -2.61. The Morgan fingerprint density at radius 2 is 1.54 bits per heavy atom. The largest absolute Gasteiger partial charge is 0.496 e. The number of methoxy groups -OCH3 is 3. The summed E-state index contributed by atoms with van der Waals surface area (Å²) in [7, 11) is 5.14. The molecule has 0 saturated carbocycles. The lowest BCUT2D eigenvalue weighted by molar-refractivity contribution is -0.136. The first-order chi connectivity index (χ1) is 30.4. The molecule has 6 aliphatic rings. The Balaban J connectivity index is 0.723. The molecule has 0 aliphatic carbocycles. The molecule has 1 spiro atoms. The quantitative estimate of drug-likeness (QED) is 0.206. The van der Waals surface area contributed by atoms with E-state index in [0.29, 0.717) is 35.2 Å². The fourth-order valence-corrected chi connectivity index (χ4v) is 11.0. The third kappa shape index (κ3) is 7.71. The predicted molar refractivity (Wildman–Crippen MR) is 239 cm³/mol. The fourth-order valence-electron chi connectivity index (χ4n) is 11.0. The first-order valence-corrected chi connectivity index (χ1v) is 22.5. The van der Waals surface area contributed by atoms with Crippen molar-refractivity contribution >= 4 is 40.0 Å². The molecule has 1 atom stereocenters. The van der Waals surface area contributed by atoms with Gasteiger partial charge in [0.05, 0.1) is 30.8 Å². The van der Waals surface area contributed by atoms with Crippen molar-refractivity contribution in [2.24, 2.45) is 11.3 Å². The second kappa shape index (κ2) is 16.2. The molecular formula is C48H58N8O7. The molecule has 1 unspecified atom stereocenters. The number of carbonyl (C=O) groups is 3. The lowest BCUT2D eigenvalue weighted by Gasteiger charge is -2.55. The maximum atomic E-state index is 13.4. The summed E-state index contributed by atoms with van der Waals surface area (Å²) < 4.78 is 17.7. The standard InChI is InChI=1S/C48H58N8O7/c1-47(63-4)26-55(27-47)42-20-35-36(21-50-44(58)37(35)22-49-42)32-17-40(61-2)38(41(18-32)62-3)25-52-13-9-30(10-14-52)23-53-15-11-48(12-16-53)28-54(29-48)33-6-5-31-24-56(46(60)34(31)19-33)39-7-8-43(57)51-45(39)59/h5-6,17-22,30,39H,7-16,23-29H2,1-4H3,(H,50,58)(H,51,57,59). The van der Waals surface area contributed by atoms with E-state index in [1.165, 1.54) is 12.8 Å². The summed E-state index contributed by atoms with van der Waals surface area (Å²) in [6.07, 6.45) is 8.73. The number of amides is 3. The Morgan fingerprint density at radius 1 is 0.810 bits per heavy atom. The lowest BCUT2D eigenvalue weighted by atomic mass is 9.71. The predicted octanol–water partition coefficient (Wildman–Crippen LogP) is 4.41. The van der Waals surface area contributed by atoms with Gasteiger partial charge in [-0.2, -0.15) is 0 Å². The number of aromatic amines is 1. The van der Waals surface area contributed by atoms with E-state index in [4.69, 9.17) is 14.2 Å². The Morgan fingerprint density at radius 3 is 2.22 bits per heavy atom. The molecule has 8 heterocycles. The number of nitrogens with one attached hydrogen (secondary N) is 2. The van der Waals surface area contributed by atoms with E-state index < -0.39 is 6.04 Å². The number of aromatic nitrogens is 2. The highest BCUT2D eigenvalue weighted by Gasteiger charge is 2.46. The number of nitrogens with zero attached hydrogens (tertiary/aromatic N) is 6. The van der Waals surface area contributed by atoms with Crippen molar-refractivity contribution in [1.82, 2.24) is 30.0 Å². The van der Waals surface area contributed by atoms with Gasteiger partial charge in [0.25, 0.3) is 11.5 Å². The number of imide groups is 1. The number of carbonyl (C=O) groups excluding carboxylic acids is 3. The van der Waals surface area contributed by atoms with Gasteiger partial charge in [-0.3, -0.25) is 29.4 Å². The summed E-state index contributed by atoms with van der Waals surface area (Å²) in [4.78, 5) is 69.4. The highest BCUT2D eigenvalue weighted by Crippen LogP contribution is 2.44. The van der Waals surface area contributed by atoms with Gasteiger partial charge in [0, 0.05) is 99.4 Å². The number of hydrogen-bond acceptors (Lipinski definition) is 12. The number of H-pyrrole nitrogens is 1. The van der Waals surface area contributed by atoms with Gasteiger partial charge < -0.3 is 38.8 Å². The molecule has 2 N–H and O–H groups in total. The molecule has 15 nitrogen and oxygen atoms in total. The Labute approximate surface area is 367 Å². The van der Waals surface area contributed by atoms with Crippen molar-refractivity contribution in [3.63, 3.8) is 0 Å². The zero-order valence-electron chi connectivity index (χ0n) is 36.8. The van der Waals surface area contributed by atoms with Crippen molar-refractivity contribution < 1.29 is 28.6 Å². The van der Waals surface area contributed by atoms with Crippen LogP contribution in [-0.2, 0) is 27.4 Å². The minimum atomic E-state index is -0.593. The van der Waals surface area contributed by atoms with Crippen LogP contribution in [0.4, 0.5) is 11.5 Å². The van der Waals surface area contributed by atoms with Gasteiger partial charge in [0.2, 0.25) is 11.8 Å². The van der Waals surface area contributed by atoms with E-state index >= 15 is 0 Å². The number of ether oxygens (including phenoxy) is 3. The van der Waals surface area contributed by atoms with Gasteiger partial charge in [-0.25, -0.2) is 4.98 Å². The minimum absolute atomic E-state index is 0.118. The van der Waals surface area contributed by atoms with Crippen molar-refractivity contribution in [1.29, 1.82) is 0 Å². The molecular weight excluding hydrogens is 801 g/mol. The molecule has 5 fully saturated rings. The van der Waals surface area contributed by atoms with Crippen molar-refractivity contribution in [2.75, 3.05) is 90.0 Å². The van der Waals surface area contributed by atoms with Crippen LogP contribution >= 0.6 is 0 Å². The van der Waals surface area contributed by atoms with E-state index in [0.717, 1.165) is 129 Å². The van der Waals surface area contributed by atoms with E-state index in [-0.39, 0.29) is 35.3 Å². The second-order valence-electron chi connectivity index (χ2n) is 19.1. The number of likely N-dealkylation sites (tertiary alicyclic amines) is 2. The van der Waals surface area contributed by atoms with Gasteiger partial charge >= 0.3 is 0 Å². The van der Waals surface area contributed by atoms with Gasteiger partial charge in [0.15, 0.2) is 0 Å². The maximum absolute atomic E-state index is 13.4. The summed E-state index contributed by atoms with van der Waals surface area (Å²) in [5, 5.41) is 3.74. The smallest absolute Gasteiger partial charge is 0.257 e. The average molecular weight is 859 g/mol. The Hall–Kier alpha value is -5.51. The summed E-state index contributed by atoms with van der Waals surface area (Å²) in [6, 6.07) is 11.7. The Bertz CT molecular complexity index is 2490. The van der Waals surface area contributed by atoms with Crippen LogP contribution in [0.5, 0.6) is 11.5 Å². The number of fused-ring (bicyclic) bond motifs is 2. The van der Waals surface area contributed by atoms with Gasteiger partial charge in [0.1, 0.15) is 23.4 Å². The van der Waals surface area contributed by atoms with Crippen LogP contribution in [0.3, 0.4) is 0 Å². The zero-order valence-corrected chi connectivity index (χ0v) is 36.8. The van der Waals surface area contributed by atoms with E-state index in [9.17, 15) is 19.2 Å². The van der Waals surface area contributed by atoms with E-state index in [1.54, 1.807) is 38.6 Å². The molecule has 2 aromatic heterocycles. The highest BCUT2D eigenvalue weighted by atomic mass is 16.5. The summed E-state index contributed by atoms with van der Waals surface area (Å²) in [5.41, 5.74) is 5.43. The monoisotopic (exact) mass is 858 g/mol. The first-order valence-electron chi connectivity index (χ1n) is 22.5. The molecule has 0 bridgehead atoms. The molecule has 5 saturated heterocycles. The molecule has 2 aromatic carbocycles. The third-order valence-corrected chi connectivity index (χ3v) is 15.0. The van der Waals surface area contributed by atoms with Crippen LogP contribution in [0.2, 0.25) is 0 Å². The Kier molecular flexibility index (Phi) is 10.7. The van der Waals surface area contributed by atoms with Crippen LogP contribution in [0.1, 0.15) is 66.9 Å². The van der Waals surface area contributed by atoms with Crippen molar-refractivity contribution in [3.8, 4) is 22.6 Å². The summed E-state index contributed by atoms with van der Waals surface area (Å²) in [5.74, 6) is 2.23. The number of benzene rings is 2. The SMILES string of the molecule is COc1cc(-c2c[nH]c(=O)c3cnc(N4CC(C)(OC)C4)cc23)cc(OC)c1CN1CCC(CN2CCC3(CC2)CN(c2ccc4c(c2)C(=O)N(C2CCC(=O)NC2=O)C4)C3)CC1. The summed E-state index contributed by atoms with van der Waals surface area (Å²) >= 11 is 0. The van der Waals surface area contributed by atoms with Crippen LogP contribution in [0.25, 0.3) is 21.9 Å². The highest BCUT2D eigenvalue weighted by molar-refractivity contribution is 6.05. The van der Waals surface area contributed by atoms with Crippen LogP contribution in [-0.4, -0.2) is 134 Å². The second-order valence-corrected chi connectivity index (χ2v) is 19.1. The van der Waals surface area contributed by atoms with Crippen LogP contribution in [0.15, 0.2) is 53.6 Å². The van der Waals surface area contributed by atoms with Crippen molar-refractivity contribution in [2.45, 2.75) is 70.2 Å². The number of rotatable bonds is 11. The number of hydrogen-bond donors (Lipinski definition) is 2. The average Bonchev–Trinajstić information content (AvgIpc) is 3.60. The van der Waals surface area contributed by atoms with Gasteiger partial charge in [-0.05, 0) is 113 Å². The normalized spacial score (nSPS) is 22.6. The summed E-state index contributed by atoms with van der Waals surface area (Å²) in [6.45, 7) is 12.1. The zero-order chi connectivity index (χ0) is 43.6. The first kappa shape index (κ1) is 41.5. The molecule has 3 amide bonds. The molecule has 4 aromatic rings. The molecule has 332 valence electrons. The number of pyridine rings is 2. The molecule has 15 heteroatoms. The molecule has 63 heavy (non-hydrogen) atoms. The maximum Gasteiger partial charge on any atom is 0.257 e. The fraction of sp³-hybridized carbons (Fsp3) is 0.521. The minimum Gasteiger partial charge on any atom is -0.496 e. The van der Waals surface area contributed by atoms with Crippen molar-refractivity contribution in [3.05, 3.63) is 75.8 Å². The topological polar surface area (TPSA) is 153 Å². The van der Waals surface area contributed by atoms with Crippen LogP contribution < -0.4 is 30.1 Å². The molecule has 0 radical (unpaired) electrons. The number of anilines is 2. The molecule has 10 rings (SSSR count). The van der Waals surface area contributed by atoms with E-state index in [1.807, 2.05) is 18.2 Å². The van der Waals surface area contributed by atoms with Gasteiger partial charge in [-0.15, -0.1) is 0 Å². The molecule has 6 aliphatic heterocycles. The third-order valence-electron chi connectivity index (χ3n) is 15.0. The van der Waals surface area contributed by atoms with Crippen LogP contribution in [0, 0.1) is 11.3 Å². The van der Waals surface area contributed by atoms with Gasteiger partial charge in [-0.1, -0.05) is 6.07 Å². The number of piperidine rings is 3. The van der Waals surface area contributed by atoms with E-state index in [2.05, 4.69) is 60.0 Å².